The number of allylic oxidation sites excluding steroid dienone is 1. The second kappa shape index (κ2) is 6.66. The molecular formula is C18H17NO2. The Bertz CT molecular complexity index is 670. The lowest BCUT2D eigenvalue weighted by Gasteiger charge is -2.05. The van der Waals surface area contributed by atoms with Crippen LogP contribution in [0.2, 0.25) is 0 Å². The summed E-state index contributed by atoms with van der Waals surface area (Å²) in [4.78, 5) is 23.1. The van der Waals surface area contributed by atoms with Gasteiger partial charge in [0, 0.05) is 17.3 Å². The van der Waals surface area contributed by atoms with E-state index < -0.39 is 0 Å². The Morgan fingerprint density at radius 1 is 0.857 bits per heavy atom. The third kappa shape index (κ3) is 4.14. The second-order valence-electron chi connectivity index (χ2n) is 4.82. The first-order chi connectivity index (χ1) is 10.1. The normalized spacial score (nSPS) is 11.0. The molecule has 3 nitrogen and oxygen atoms in total. The van der Waals surface area contributed by atoms with E-state index in [9.17, 15) is 9.59 Å². The first kappa shape index (κ1) is 14.7. The predicted molar refractivity (Wildman–Crippen MR) is 85.2 cm³/mol. The van der Waals surface area contributed by atoms with Crippen LogP contribution in [-0.2, 0) is 4.79 Å². The Hall–Kier alpha value is -2.68. The summed E-state index contributed by atoms with van der Waals surface area (Å²) in [5.41, 5.74) is 3.21. The molecule has 1 N–H and O–H groups in total. The van der Waals surface area contributed by atoms with Crippen LogP contribution in [0.15, 0.2) is 60.7 Å². The Labute approximate surface area is 124 Å². The molecule has 0 saturated carbocycles. The molecule has 3 heteroatoms. The molecule has 0 atom stereocenters. The van der Waals surface area contributed by atoms with E-state index in [0.717, 1.165) is 11.1 Å². The second-order valence-corrected chi connectivity index (χ2v) is 4.82. The molecule has 2 rings (SSSR count). The van der Waals surface area contributed by atoms with Crippen molar-refractivity contribution in [2.24, 2.45) is 0 Å². The number of rotatable bonds is 4. The molecule has 1 amide bonds. The maximum absolute atomic E-state index is 12.0. The molecule has 21 heavy (non-hydrogen) atoms. The van der Waals surface area contributed by atoms with Crippen LogP contribution in [0, 0.1) is 0 Å². The SMILES string of the molecule is CC(=O)c1ccc(NC(=O)/C=C(\C)c2ccccc2)cc1. The van der Waals surface area contributed by atoms with Gasteiger partial charge in [0.2, 0.25) is 5.91 Å². The third-order valence-electron chi connectivity index (χ3n) is 3.14. The van der Waals surface area contributed by atoms with Gasteiger partial charge in [-0.25, -0.2) is 0 Å². The molecule has 0 radical (unpaired) electrons. The number of amides is 1. The van der Waals surface area contributed by atoms with Crippen molar-refractivity contribution in [3.8, 4) is 0 Å². The smallest absolute Gasteiger partial charge is 0.248 e. The largest absolute Gasteiger partial charge is 0.323 e. The highest BCUT2D eigenvalue weighted by atomic mass is 16.1. The number of carbonyl (C=O) groups excluding carboxylic acids is 2. The van der Waals surface area contributed by atoms with Gasteiger partial charge in [0.25, 0.3) is 0 Å². The maximum Gasteiger partial charge on any atom is 0.248 e. The van der Waals surface area contributed by atoms with E-state index >= 15 is 0 Å². The van der Waals surface area contributed by atoms with Gasteiger partial charge >= 0.3 is 0 Å². The van der Waals surface area contributed by atoms with Crippen molar-refractivity contribution in [3.63, 3.8) is 0 Å². The minimum Gasteiger partial charge on any atom is -0.323 e. The molecule has 0 saturated heterocycles. The molecule has 0 bridgehead atoms. The highest BCUT2D eigenvalue weighted by molar-refractivity contribution is 6.04. The van der Waals surface area contributed by atoms with Gasteiger partial charge in [-0.2, -0.15) is 0 Å². The zero-order chi connectivity index (χ0) is 15.2. The van der Waals surface area contributed by atoms with Crippen molar-refractivity contribution in [1.82, 2.24) is 0 Å². The molecule has 2 aromatic rings. The average Bonchev–Trinajstić information content (AvgIpc) is 2.48. The van der Waals surface area contributed by atoms with Crippen molar-refractivity contribution in [3.05, 3.63) is 71.8 Å². The van der Waals surface area contributed by atoms with E-state index in [0.29, 0.717) is 11.3 Å². The quantitative estimate of drug-likeness (QED) is 0.681. The van der Waals surface area contributed by atoms with Crippen LogP contribution in [0.3, 0.4) is 0 Å². The summed E-state index contributed by atoms with van der Waals surface area (Å²) in [5.74, 6) is -0.181. The summed E-state index contributed by atoms with van der Waals surface area (Å²) < 4.78 is 0. The Kier molecular flexibility index (Phi) is 4.67. The van der Waals surface area contributed by atoms with Crippen LogP contribution in [0.1, 0.15) is 29.8 Å². The van der Waals surface area contributed by atoms with E-state index in [-0.39, 0.29) is 11.7 Å². The Morgan fingerprint density at radius 3 is 2.05 bits per heavy atom. The standard InChI is InChI=1S/C18H17NO2/c1-13(15-6-4-3-5-7-15)12-18(21)19-17-10-8-16(9-11-17)14(2)20/h3-12H,1-2H3,(H,19,21)/b13-12+. The van der Waals surface area contributed by atoms with E-state index in [2.05, 4.69) is 5.32 Å². The molecule has 2 aromatic carbocycles. The van der Waals surface area contributed by atoms with Crippen LogP contribution < -0.4 is 5.32 Å². The molecule has 0 heterocycles. The fourth-order valence-corrected chi connectivity index (χ4v) is 1.95. The van der Waals surface area contributed by atoms with Crippen molar-refractivity contribution in [2.75, 3.05) is 5.32 Å². The van der Waals surface area contributed by atoms with E-state index in [1.54, 1.807) is 30.3 Å². The Balaban J connectivity index is 2.06. The lowest BCUT2D eigenvalue weighted by Crippen LogP contribution is -2.08. The summed E-state index contributed by atoms with van der Waals surface area (Å²) in [6.45, 7) is 3.41. The molecule has 106 valence electrons. The number of anilines is 1. The highest BCUT2D eigenvalue weighted by Gasteiger charge is 2.03. The number of nitrogens with one attached hydrogen (secondary N) is 1. The number of Topliss-reactive ketones (excluding diaryl/α,β-unsaturated/α-hetero) is 1. The lowest BCUT2D eigenvalue weighted by atomic mass is 10.1. The minimum atomic E-state index is -0.188. The summed E-state index contributed by atoms with van der Waals surface area (Å²) in [6.07, 6.45) is 1.56. The molecule has 0 fully saturated rings. The zero-order valence-corrected chi connectivity index (χ0v) is 12.1. The topological polar surface area (TPSA) is 46.2 Å². The molecular weight excluding hydrogens is 262 g/mol. The van der Waals surface area contributed by atoms with E-state index in [1.165, 1.54) is 6.92 Å². The summed E-state index contributed by atoms with van der Waals surface area (Å²) in [5, 5.41) is 2.78. The zero-order valence-electron chi connectivity index (χ0n) is 12.1. The highest BCUT2D eigenvalue weighted by Crippen LogP contribution is 2.14. The van der Waals surface area contributed by atoms with E-state index in [1.807, 2.05) is 37.3 Å². The van der Waals surface area contributed by atoms with Crippen LogP contribution >= 0.6 is 0 Å². The van der Waals surface area contributed by atoms with Gasteiger partial charge in [0.05, 0.1) is 0 Å². The van der Waals surface area contributed by atoms with Crippen LogP contribution in [-0.4, -0.2) is 11.7 Å². The van der Waals surface area contributed by atoms with Gasteiger partial charge < -0.3 is 5.32 Å². The molecule has 0 aromatic heterocycles. The molecule has 0 unspecified atom stereocenters. The first-order valence-corrected chi connectivity index (χ1v) is 6.72. The number of hydrogen-bond donors (Lipinski definition) is 1. The first-order valence-electron chi connectivity index (χ1n) is 6.72. The van der Waals surface area contributed by atoms with Gasteiger partial charge in [0.1, 0.15) is 0 Å². The van der Waals surface area contributed by atoms with E-state index in [4.69, 9.17) is 0 Å². The van der Waals surface area contributed by atoms with Crippen LogP contribution in [0.4, 0.5) is 5.69 Å². The minimum absolute atomic E-state index is 0.00712. The monoisotopic (exact) mass is 279 g/mol. The van der Waals surface area contributed by atoms with Crippen LogP contribution in [0.25, 0.3) is 5.57 Å². The number of carbonyl (C=O) groups is 2. The maximum atomic E-state index is 12.0. The fraction of sp³-hybridized carbons (Fsp3) is 0.111. The van der Waals surface area contributed by atoms with Gasteiger partial charge in [0.15, 0.2) is 5.78 Å². The van der Waals surface area contributed by atoms with Gasteiger partial charge in [-0.3, -0.25) is 9.59 Å². The van der Waals surface area contributed by atoms with Gasteiger partial charge in [-0.1, -0.05) is 30.3 Å². The van der Waals surface area contributed by atoms with Gasteiger partial charge in [-0.05, 0) is 49.2 Å². The lowest BCUT2D eigenvalue weighted by molar-refractivity contribution is -0.111. The van der Waals surface area contributed by atoms with Crippen molar-refractivity contribution < 1.29 is 9.59 Å². The summed E-state index contributed by atoms with van der Waals surface area (Å²) >= 11 is 0. The van der Waals surface area contributed by atoms with Crippen molar-refractivity contribution in [1.29, 1.82) is 0 Å². The van der Waals surface area contributed by atoms with Crippen LogP contribution in [0.5, 0.6) is 0 Å². The van der Waals surface area contributed by atoms with Crippen molar-refractivity contribution >= 4 is 23.0 Å². The molecule has 0 aliphatic heterocycles. The number of ketones is 1. The predicted octanol–water partition coefficient (Wildman–Crippen LogP) is 3.93. The van der Waals surface area contributed by atoms with Crippen molar-refractivity contribution in [2.45, 2.75) is 13.8 Å². The molecule has 0 aliphatic rings. The fourth-order valence-electron chi connectivity index (χ4n) is 1.95. The van der Waals surface area contributed by atoms with Gasteiger partial charge in [-0.15, -0.1) is 0 Å². The molecule has 0 spiro atoms. The third-order valence-corrected chi connectivity index (χ3v) is 3.14. The Morgan fingerprint density at radius 2 is 1.48 bits per heavy atom. The number of hydrogen-bond acceptors (Lipinski definition) is 2. The molecule has 0 aliphatic carbocycles. The summed E-state index contributed by atoms with van der Waals surface area (Å²) in [6, 6.07) is 16.6. The number of benzene rings is 2. The average molecular weight is 279 g/mol. The summed E-state index contributed by atoms with van der Waals surface area (Å²) in [7, 11) is 0.